The first kappa shape index (κ1) is 15.8. The summed E-state index contributed by atoms with van der Waals surface area (Å²) in [5.41, 5.74) is 7.74. The van der Waals surface area contributed by atoms with Crippen LogP contribution in [0.2, 0.25) is 0 Å². The molecule has 0 bridgehead atoms. The molecular weight excluding hydrogens is 238 g/mol. The molecule has 5 heteroatoms. The molecule has 19 heavy (non-hydrogen) atoms. The third-order valence-electron chi connectivity index (χ3n) is 3.48. The van der Waals surface area contributed by atoms with Crippen LogP contribution in [0.1, 0.15) is 45.9 Å². The van der Waals surface area contributed by atoms with Crippen molar-refractivity contribution >= 4 is 11.5 Å². The third kappa shape index (κ3) is 4.13. The van der Waals surface area contributed by atoms with Crippen molar-refractivity contribution in [3.05, 3.63) is 5.69 Å². The first-order chi connectivity index (χ1) is 8.84. The van der Waals surface area contributed by atoms with Gasteiger partial charge >= 0.3 is 0 Å². The smallest absolute Gasteiger partial charge is 0.148 e. The van der Waals surface area contributed by atoms with Crippen molar-refractivity contribution in [2.24, 2.45) is 0 Å². The standard InChI is InChI=1S/C14H29N5/c1-10(2)18(6)9-7-8-16-14-13(15)12(5)17-19(14)11(3)4/h10-11,16H,7-9,15H2,1-6H3. The van der Waals surface area contributed by atoms with Crippen LogP contribution in [0.5, 0.6) is 0 Å². The lowest BCUT2D eigenvalue weighted by atomic mass is 10.3. The molecule has 1 aromatic heterocycles. The van der Waals surface area contributed by atoms with Gasteiger partial charge in [-0.2, -0.15) is 5.10 Å². The van der Waals surface area contributed by atoms with Crippen molar-refractivity contribution in [3.8, 4) is 0 Å². The van der Waals surface area contributed by atoms with Crippen molar-refractivity contribution in [2.45, 2.75) is 53.1 Å². The molecule has 0 amide bonds. The molecule has 3 N–H and O–H groups in total. The van der Waals surface area contributed by atoms with Crippen LogP contribution >= 0.6 is 0 Å². The summed E-state index contributed by atoms with van der Waals surface area (Å²) in [4.78, 5) is 2.34. The molecule has 0 unspecified atom stereocenters. The molecule has 0 aliphatic rings. The molecular formula is C14H29N5. The lowest BCUT2D eigenvalue weighted by Crippen LogP contribution is -2.28. The van der Waals surface area contributed by atoms with Crippen LogP contribution in [0.4, 0.5) is 11.5 Å². The highest BCUT2D eigenvalue weighted by atomic mass is 15.4. The first-order valence-corrected chi connectivity index (χ1v) is 7.13. The molecule has 0 spiro atoms. The van der Waals surface area contributed by atoms with E-state index in [9.17, 15) is 0 Å². The number of nitrogens with zero attached hydrogens (tertiary/aromatic N) is 3. The summed E-state index contributed by atoms with van der Waals surface area (Å²) < 4.78 is 1.97. The maximum atomic E-state index is 6.08. The van der Waals surface area contributed by atoms with Gasteiger partial charge in [-0.15, -0.1) is 0 Å². The molecule has 1 heterocycles. The van der Waals surface area contributed by atoms with E-state index in [1.165, 1.54) is 0 Å². The van der Waals surface area contributed by atoms with Crippen LogP contribution in [0, 0.1) is 6.92 Å². The van der Waals surface area contributed by atoms with Crippen molar-refractivity contribution in [1.82, 2.24) is 14.7 Å². The van der Waals surface area contributed by atoms with Gasteiger partial charge in [-0.1, -0.05) is 0 Å². The van der Waals surface area contributed by atoms with Gasteiger partial charge in [-0.25, -0.2) is 4.68 Å². The normalized spacial score (nSPS) is 11.8. The fraction of sp³-hybridized carbons (Fsp3) is 0.786. The summed E-state index contributed by atoms with van der Waals surface area (Å²) >= 11 is 0. The molecule has 0 aromatic carbocycles. The Hall–Kier alpha value is -1.23. The SMILES string of the molecule is Cc1nn(C(C)C)c(NCCCN(C)C(C)C)c1N. The number of aryl methyl sites for hydroxylation is 1. The Morgan fingerprint density at radius 3 is 2.47 bits per heavy atom. The van der Waals surface area contributed by atoms with Crippen LogP contribution in [0.25, 0.3) is 0 Å². The van der Waals surface area contributed by atoms with Crippen LogP contribution in [-0.4, -0.2) is 40.9 Å². The molecule has 1 aromatic rings. The van der Waals surface area contributed by atoms with Crippen molar-refractivity contribution in [3.63, 3.8) is 0 Å². The Bertz CT molecular complexity index is 395. The predicted molar refractivity (Wildman–Crippen MR) is 82.6 cm³/mol. The van der Waals surface area contributed by atoms with E-state index >= 15 is 0 Å². The Labute approximate surface area is 117 Å². The number of hydrogen-bond donors (Lipinski definition) is 2. The molecule has 0 radical (unpaired) electrons. The molecule has 0 atom stereocenters. The Morgan fingerprint density at radius 1 is 1.32 bits per heavy atom. The molecule has 110 valence electrons. The molecule has 1 rings (SSSR count). The molecule has 0 aliphatic heterocycles. The number of nitrogens with one attached hydrogen (secondary N) is 1. The van der Waals surface area contributed by atoms with Gasteiger partial charge in [0.25, 0.3) is 0 Å². The van der Waals surface area contributed by atoms with E-state index in [4.69, 9.17) is 5.73 Å². The van der Waals surface area contributed by atoms with Gasteiger partial charge in [-0.05, 0) is 54.6 Å². The summed E-state index contributed by atoms with van der Waals surface area (Å²) in [6.45, 7) is 12.6. The van der Waals surface area contributed by atoms with Gasteiger partial charge in [0.05, 0.1) is 11.4 Å². The van der Waals surface area contributed by atoms with Gasteiger partial charge in [0, 0.05) is 18.6 Å². The van der Waals surface area contributed by atoms with Crippen LogP contribution in [0.3, 0.4) is 0 Å². The van der Waals surface area contributed by atoms with Crippen LogP contribution in [0.15, 0.2) is 0 Å². The Morgan fingerprint density at radius 2 is 1.95 bits per heavy atom. The largest absolute Gasteiger partial charge is 0.394 e. The molecule has 0 aliphatic carbocycles. The third-order valence-corrected chi connectivity index (χ3v) is 3.48. The van der Waals surface area contributed by atoms with E-state index in [-0.39, 0.29) is 0 Å². The van der Waals surface area contributed by atoms with Gasteiger partial charge < -0.3 is 16.0 Å². The summed E-state index contributed by atoms with van der Waals surface area (Å²) in [7, 11) is 2.15. The quantitative estimate of drug-likeness (QED) is 0.745. The second-order valence-corrected chi connectivity index (χ2v) is 5.74. The second-order valence-electron chi connectivity index (χ2n) is 5.74. The summed E-state index contributed by atoms with van der Waals surface area (Å²) in [6, 6.07) is 0.908. The highest BCUT2D eigenvalue weighted by Gasteiger charge is 2.14. The number of rotatable bonds is 7. The molecule has 0 saturated carbocycles. The topological polar surface area (TPSA) is 59.1 Å². The zero-order chi connectivity index (χ0) is 14.6. The fourth-order valence-corrected chi connectivity index (χ4v) is 1.90. The van der Waals surface area contributed by atoms with Gasteiger partial charge in [0.2, 0.25) is 0 Å². The Kier molecular flexibility index (Phi) is 5.66. The van der Waals surface area contributed by atoms with Crippen molar-refractivity contribution < 1.29 is 0 Å². The zero-order valence-corrected chi connectivity index (χ0v) is 13.2. The molecule has 5 nitrogen and oxygen atoms in total. The number of nitrogens with two attached hydrogens (primary N) is 1. The maximum absolute atomic E-state index is 6.08. The monoisotopic (exact) mass is 267 g/mol. The molecule has 0 fully saturated rings. The van der Waals surface area contributed by atoms with E-state index in [1.807, 2.05) is 11.6 Å². The maximum Gasteiger partial charge on any atom is 0.148 e. The lowest BCUT2D eigenvalue weighted by Gasteiger charge is -2.21. The average molecular weight is 267 g/mol. The number of nitrogen functional groups attached to an aromatic ring is 1. The highest BCUT2D eigenvalue weighted by molar-refractivity contribution is 5.64. The molecule has 0 saturated heterocycles. The van der Waals surface area contributed by atoms with Gasteiger partial charge in [-0.3, -0.25) is 0 Å². The van der Waals surface area contributed by atoms with Gasteiger partial charge in [0.1, 0.15) is 5.82 Å². The van der Waals surface area contributed by atoms with Gasteiger partial charge in [0.15, 0.2) is 0 Å². The predicted octanol–water partition coefficient (Wildman–Crippen LogP) is 2.50. The van der Waals surface area contributed by atoms with E-state index in [0.29, 0.717) is 12.1 Å². The minimum Gasteiger partial charge on any atom is -0.394 e. The van der Waals surface area contributed by atoms with E-state index < -0.39 is 0 Å². The van der Waals surface area contributed by atoms with E-state index in [0.717, 1.165) is 36.7 Å². The summed E-state index contributed by atoms with van der Waals surface area (Å²) in [5, 5.41) is 7.90. The second kappa shape index (κ2) is 6.80. The minimum atomic E-state index is 0.317. The van der Waals surface area contributed by atoms with Crippen molar-refractivity contribution in [1.29, 1.82) is 0 Å². The Balaban J connectivity index is 2.54. The van der Waals surface area contributed by atoms with E-state index in [2.05, 4.69) is 50.1 Å². The highest BCUT2D eigenvalue weighted by Crippen LogP contribution is 2.25. The summed E-state index contributed by atoms with van der Waals surface area (Å²) in [6.07, 6.45) is 1.09. The van der Waals surface area contributed by atoms with Crippen LogP contribution < -0.4 is 11.1 Å². The van der Waals surface area contributed by atoms with Crippen LogP contribution in [-0.2, 0) is 0 Å². The number of hydrogen-bond acceptors (Lipinski definition) is 4. The lowest BCUT2D eigenvalue weighted by molar-refractivity contribution is 0.273. The first-order valence-electron chi connectivity index (χ1n) is 7.13. The average Bonchev–Trinajstić information content (AvgIpc) is 2.62. The van der Waals surface area contributed by atoms with E-state index in [1.54, 1.807) is 0 Å². The summed E-state index contributed by atoms with van der Waals surface area (Å²) in [5.74, 6) is 0.958. The van der Waals surface area contributed by atoms with Crippen molar-refractivity contribution in [2.75, 3.05) is 31.2 Å². The number of aromatic nitrogens is 2. The number of anilines is 2. The minimum absolute atomic E-state index is 0.317. The fourth-order valence-electron chi connectivity index (χ4n) is 1.90. The zero-order valence-electron chi connectivity index (χ0n) is 13.2.